The van der Waals surface area contributed by atoms with Gasteiger partial charge >= 0.3 is 0 Å². The lowest BCUT2D eigenvalue weighted by Crippen LogP contribution is -2.30. The number of pyridine rings is 2. The first-order valence-corrected chi connectivity index (χ1v) is 8.24. The quantitative estimate of drug-likeness (QED) is 0.681. The van der Waals surface area contributed by atoms with Gasteiger partial charge in [0.25, 0.3) is 0 Å². The van der Waals surface area contributed by atoms with E-state index in [-0.39, 0.29) is 0 Å². The van der Waals surface area contributed by atoms with Crippen LogP contribution in [-0.2, 0) is 15.1 Å². The number of aromatic nitrogens is 3. The summed E-state index contributed by atoms with van der Waals surface area (Å²) >= 11 is 6.06. The van der Waals surface area contributed by atoms with Gasteiger partial charge in [0.1, 0.15) is 16.6 Å². The fourth-order valence-corrected chi connectivity index (χ4v) is 3.37. The molecule has 5 nitrogen and oxygen atoms in total. The van der Waals surface area contributed by atoms with Gasteiger partial charge in [-0.25, -0.2) is 9.97 Å². The number of nitrogens with zero attached hydrogens (tertiary/aromatic N) is 3. The zero-order valence-electron chi connectivity index (χ0n) is 13.6. The smallest absolute Gasteiger partial charge is 0.137 e. The van der Waals surface area contributed by atoms with Gasteiger partial charge in [-0.3, -0.25) is 0 Å². The van der Waals surface area contributed by atoms with Crippen LogP contribution in [0, 0.1) is 6.92 Å². The van der Waals surface area contributed by atoms with Gasteiger partial charge in [-0.1, -0.05) is 11.6 Å². The van der Waals surface area contributed by atoms with Gasteiger partial charge in [-0.05, 0) is 30.7 Å². The van der Waals surface area contributed by atoms with E-state index in [0.29, 0.717) is 18.4 Å². The maximum atomic E-state index is 6.06. The van der Waals surface area contributed by atoms with Gasteiger partial charge in [-0.15, -0.1) is 0 Å². The summed E-state index contributed by atoms with van der Waals surface area (Å²) in [5.41, 5.74) is 2.54. The van der Waals surface area contributed by atoms with Gasteiger partial charge in [0.2, 0.25) is 0 Å². The monoisotopic (exact) mass is 343 g/mol. The van der Waals surface area contributed by atoms with Crippen molar-refractivity contribution in [2.24, 2.45) is 0 Å². The molecule has 4 rings (SSSR count). The van der Waals surface area contributed by atoms with Crippen LogP contribution in [0.15, 0.2) is 36.7 Å². The summed E-state index contributed by atoms with van der Waals surface area (Å²) in [6.07, 6.45) is 4.56. The minimum atomic E-state index is -0.469. The Morgan fingerprint density at radius 2 is 2.21 bits per heavy atom. The molecule has 0 spiro atoms. The van der Waals surface area contributed by atoms with E-state index in [2.05, 4.69) is 24.0 Å². The van der Waals surface area contributed by atoms with Crippen molar-refractivity contribution in [1.82, 2.24) is 14.5 Å². The topological polar surface area (TPSA) is 49.2 Å². The molecule has 1 aliphatic rings. The Morgan fingerprint density at radius 3 is 2.96 bits per heavy atom. The molecule has 1 atom stereocenters. The highest BCUT2D eigenvalue weighted by molar-refractivity contribution is 6.30. The first kappa shape index (κ1) is 15.6. The van der Waals surface area contributed by atoms with Crippen LogP contribution >= 0.6 is 11.6 Å². The minimum Gasteiger partial charge on any atom is -0.378 e. The molecule has 0 saturated carbocycles. The zero-order valence-corrected chi connectivity index (χ0v) is 14.4. The number of hydrogen-bond acceptors (Lipinski definition) is 4. The third kappa shape index (κ3) is 2.49. The third-order valence-electron chi connectivity index (χ3n) is 4.59. The lowest BCUT2D eigenvalue weighted by molar-refractivity contribution is -0.0246. The van der Waals surface area contributed by atoms with Crippen molar-refractivity contribution in [1.29, 1.82) is 0 Å². The number of rotatable bonds is 3. The molecule has 0 bridgehead atoms. The van der Waals surface area contributed by atoms with Gasteiger partial charge in [0.15, 0.2) is 0 Å². The predicted molar refractivity (Wildman–Crippen MR) is 92.7 cm³/mol. The second kappa shape index (κ2) is 5.84. The lowest BCUT2D eigenvalue weighted by Gasteiger charge is -2.26. The SMILES string of the molecule is CO[C@]1(c2cc(C)cc(-n3ccc4cnc(Cl)cc43)n2)CCOC1. The molecule has 0 amide bonds. The van der Waals surface area contributed by atoms with Crippen molar-refractivity contribution in [3.8, 4) is 5.82 Å². The maximum absolute atomic E-state index is 6.06. The van der Waals surface area contributed by atoms with Crippen molar-refractivity contribution in [2.75, 3.05) is 20.3 Å². The third-order valence-corrected chi connectivity index (χ3v) is 4.79. The molecular formula is C18H18ClN3O2. The average Bonchev–Trinajstić information content (AvgIpc) is 3.21. The highest BCUT2D eigenvalue weighted by Gasteiger charge is 2.38. The number of aryl methyl sites for hydroxylation is 1. The first-order valence-electron chi connectivity index (χ1n) is 7.86. The Labute approximate surface area is 145 Å². The van der Waals surface area contributed by atoms with Crippen LogP contribution in [0.2, 0.25) is 5.15 Å². The molecule has 0 radical (unpaired) electrons. The van der Waals surface area contributed by atoms with E-state index in [0.717, 1.165) is 34.4 Å². The summed E-state index contributed by atoms with van der Waals surface area (Å²) < 4.78 is 13.4. The van der Waals surface area contributed by atoms with Gasteiger partial charge in [-0.2, -0.15) is 0 Å². The highest BCUT2D eigenvalue weighted by atomic mass is 35.5. The fraction of sp³-hybridized carbons (Fsp3) is 0.333. The molecule has 3 aromatic rings. The zero-order chi connectivity index (χ0) is 16.7. The van der Waals surface area contributed by atoms with E-state index < -0.39 is 5.60 Å². The summed E-state index contributed by atoms with van der Waals surface area (Å²) in [6, 6.07) is 7.98. The summed E-state index contributed by atoms with van der Waals surface area (Å²) in [6.45, 7) is 3.28. The molecule has 0 aliphatic carbocycles. The normalized spacial score (nSPS) is 20.8. The van der Waals surface area contributed by atoms with Crippen LogP contribution in [0.25, 0.3) is 16.7 Å². The molecule has 1 fully saturated rings. The minimum absolute atomic E-state index is 0.466. The number of methoxy groups -OCH3 is 1. The Kier molecular flexibility index (Phi) is 3.79. The van der Waals surface area contributed by atoms with Crippen LogP contribution in [0.3, 0.4) is 0 Å². The molecule has 0 N–H and O–H groups in total. The molecule has 124 valence electrons. The second-order valence-corrected chi connectivity index (χ2v) is 6.53. The van der Waals surface area contributed by atoms with E-state index in [9.17, 15) is 0 Å². The summed E-state index contributed by atoms with van der Waals surface area (Å²) in [4.78, 5) is 9.01. The second-order valence-electron chi connectivity index (χ2n) is 6.14. The Bertz CT molecular complexity index is 900. The lowest BCUT2D eigenvalue weighted by atomic mass is 9.97. The summed E-state index contributed by atoms with van der Waals surface area (Å²) in [7, 11) is 1.72. The maximum Gasteiger partial charge on any atom is 0.137 e. The van der Waals surface area contributed by atoms with Crippen molar-refractivity contribution < 1.29 is 9.47 Å². The van der Waals surface area contributed by atoms with E-state index in [1.165, 1.54) is 0 Å². The van der Waals surface area contributed by atoms with E-state index in [1.54, 1.807) is 13.3 Å². The van der Waals surface area contributed by atoms with Crippen LogP contribution in [0.1, 0.15) is 17.7 Å². The molecule has 0 unspecified atom stereocenters. The first-order chi connectivity index (χ1) is 11.6. The summed E-state index contributed by atoms with van der Waals surface area (Å²) in [5.74, 6) is 0.839. The van der Waals surface area contributed by atoms with E-state index in [1.807, 2.05) is 22.9 Å². The number of ether oxygens (including phenoxy) is 2. The standard InChI is InChI=1S/C18H18ClN3O2/c1-12-7-15(18(23-2)4-6-24-11-18)21-17(8-12)22-5-3-13-10-20-16(19)9-14(13)22/h3,5,7-10H,4,6,11H2,1-2H3/t18-/m1/s1. The molecule has 0 aromatic carbocycles. The fourth-order valence-electron chi connectivity index (χ4n) is 3.22. The van der Waals surface area contributed by atoms with Gasteiger partial charge < -0.3 is 14.0 Å². The van der Waals surface area contributed by atoms with Crippen LogP contribution in [0.4, 0.5) is 0 Å². The summed E-state index contributed by atoms with van der Waals surface area (Å²) in [5, 5.41) is 1.49. The molecule has 1 saturated heterocycles. The van der Waals surface area contributed by atoms with Crippen molar-refractivity contribution in [3.63, 3.8) is 0 Å². The predicted octanol–water partition coefficient (Wildman–Crippen LogP) is 3.64. The van der Waals surface area contributed by atoms with Crippen molar-refractivity contribution in [2.45, 2.75) is 18.9 Å². The molecule has 24 heavy (non-hydrogen) atoms. The Balaban J connectivity index is 1.88. The number of hydrogen-bond donors (Lipinski definition) is 0. The van der Waals surface area contributed by atoms with Crippen LogP contribution < -0.4 is 0 Å². The molecule has 4 heterocycles. The average molecular weight is 344 g/mol. The van der Waals surface area contributed by atoms with Crippen molar-refractivity contribution in [3.05, 3.63) is 53.1 Å². The van der Waals surface area contributed by atoms with E-state index >= 15 is 0 Å². The Hall–Kier alpha value is -1.95. The van der Waals surface area contributed by atoms with Gasteiger partial charge in [0, 0.05) is 44.0 Å². The molecule has 1 aliphatic heterocycles. The van der Waals surface area contributed by atoms with Crippen LogP contribution in [0.5, 0.6) is 0 Å². The largest absolute Gasteiger partial charge is 0.378 e. The van der Waals surface area contributed by atoms with E-state index in [4.69, 9.17) is 26.1 Å². The van der Waals surface area contributed by atoms with Crippen molar-refractivity contribution >= 4 is 22.5 Å². The Morgan fingerprint density at radius 1 is 1.33 bits per heavy atom. The van der Waals surface area contributed by atoms with Crippen LogP contribution in [-0.4, -0.2) is 34.9 Å². The van der Waals surface area contributed by atoms with Gasteiger partial charge in [0.05, 0.1) is 17.8 Å². The molecular weight excluding hydrogens is 326 g/mol. The highest BCUT2D eigenvalue weighted by Crippen LogP contribution is 2.34. The number of halogens is 1. The molecule has 3 aromatic heterocycles. The molecule has 6 heteroatoms. The number of fused-ring (bicyclic) bond motifs is 1.